The van der Waals surface area contributed by atoms with Crippen LogP contribution in [0.25, 0.3) is 11.1 Å². The second kappa shape index (κ2) is 11.7. The van der Waals surface area contributed by atoms with E-state index >= 15 is 0 Å². The molecule has 0 fully saturated rings. The fourth-order valence-corrected chi connectivity index (χ4v) is 3.16. The van der Waals surface area contributed by atoms with Crippen LogP contribution in [-0.2, 0) is 14.4 Å². The van der Waals surface area contributed by atoms with Crippen LogP contribution in [0.3, 0.4) is 0 Å². The molecule has 0 aromatic heterocycles. The zero-order valence-electron chi connectivity index (χ0n) is 20.1. The van der Waals surface area contributed by atoms with Crippen molar-refractivity contribution in [2.24, 2.45) is 10.2 Å². The summed E-state index contributed by atoms with van der Waals surface area (Å²) in [4.78, 5) is 35.3. The first-order valence-corrected chi connectivity index (χ1v) is 10.6. The van der Waals surface area contributed by atoms with Gasteiger partial charge in [0.05, 0.1) is 5.69 Å². The van der Waals surface area contributed by atoms with E-state index < -0.39 is 17.9 Å². The molecule has 0 saturated heterocycles. The van der Waals surface area contributed by atoms with Crippen LogP contribution in [0, 0.1) is 13.8 Å². The Kier molecular flexibility index (Phi) is 9.02. The van der Waals surface area contributed by atoms with E-state index in [0.29, 0.717) is 11.4 Å². The number of hydrazine groups is 1. The Balaban J connectivity index is 2.22. The van der Waals surface area contributed by atoms with E-state index in [2.05, 4.69) is 31.7 Å². The average Bonchev–Trinajstić information content (AvgIpc) is 2.79. The molecule has 10 heteroatoms. The summed E-state index contributed by atoms with van der Waals surface area (Å²) in [7, 11) is 2.92. The lowest BCUT2D eigenvalue weighted by Crippen LogP contribution is -2.49. The van der Waals surface area contributed by atoms with Crippen LogP contribution < -0.4 is 21.5 Å². The molecule has 2 aromatic rings. The number of ketones is 1. The molecular formula is C24H30N6O4. The van der Waals surface area contributed by atoms with Gasteiger partial charge in [0, 0.05) is 19.8 Å². The first-order valence-electron chi connectivity index (χ1n) is 10.6. The SMILES string of the molecule is CNC(=O)C(N=Nc1ccc(-c2ccc(NNC(C(C)=O)C(=O)NC)cc2C)cc1C)=C(C)O. The third kappa shape index (κ3) is 6.48. The van der Waals surface area contributed by atoms with E-state index in [1.807, 2.05) is 44.2 Å². The molecule has 0 saturated carbocycles. The van der Waals surface area contributed by atoms with E-state index in [9.17, 15) is 19.5 Å². The molecule has 34 heavy (non-hydrogen) atoms. The van der Waals surface area contributed by atoms with Crippen molar-refractivity contribution < 1.29 is 19.5 Å². The second-order valence-corrected chi connectivity index (χ2v) is 7.67. The largest absolute Gasteiger partial charge is 0.510 e. The smallest absolute Gasteiger partial charge is 0.275 e. The number of carbonyl (C=O) groups excluding carboxylic acids is 3. The number of nitrogens with one attached hydrogen (secondary N) is 4. The molecule has 0 aliphatic rings. The maximum Gasteiger partial charge on any atom is 0.275 e. The van der Waals surface area contributed by atoms with Gasteiger partial charge in [0.15, 0.2) is 17.5 Å². The van der Waals surface area contributed by atoms with Gasteiger partial charge in [0.25, 0.3) is 5.91 Å². The van der Waals surface area contributed by atoms with Crippen LogP contribution in [0.4, 0.5) is 11.4 Å². The van der Waals surface area contributed by atoms with Gasteiger partial charge in [-0.25, -0.2) is 5.43 Å². The Labute approximate surface area is 198 Å². The lowest BCUT2D eigenvalue weighted by atomic mass is 9.98. The minimum Gasteiger partial charge on any atom is -0.510 e. The van der Waals surface area contributed by atoms with Gasteiger partial charge in [-0.3, -0.25) is 14.4 Å². The summed E-state index contributed by atoms with van der Waals surface area (Å²) < 4.78 is 0. The number of nitrogens with zero attached hydrogens (tertiary/aromatic N) is 2. The van der Waals surface area contributed by atoms with Crippen molar-refractivity contribution in [2.45, 2.75) is 33.7 Å². The summed E-state index contributed by atoms with van der Waals surface area (Å²) in [6.45, 7) is 6.54. The minimum absolute atomic E-state index is 0.151. The number of anilines is 1. The number of aryl methyl sites for hydroxylation is 2. The van der Waals surface area contributed by atoms with E-state index in [-0.39, 0.29) is 17.2 Å². The standard InChI is InChI=1S/C24H30N6O4/c1-13-12-18(27-29-21(15(3)31)23(33)25-5)8-9-19(13)17-7-10-20(14(2)11-17)28-30-22(16(4)32)24(34)26-6/h7-12,21,27,29,32H,1-6H3,(H,25,33)(H,26,34). The molecule has 1 unspecified atom stereocenters. The quantitative estimate of drug-likeness (QED) is 0.126. The molecule has 2 aromatic carbocycles. The normalized spacial score (nSPS) is 12.6. The van der Waals surface area contributed by atoms with Crippen LogP contribution in [0.2, 0.25) is 0 Å². The number of aliphatic hydroxyl groups excluding tert-OH is 1. The highest BCUT2D eigenvalue weighted by atomic mass is 16.3. The maximum atomic E-state index is 11.8. The zero-order valence-corrected chi connectivity index (χ0v) is 20.1. The number of amides is 2. The zero-order chi connectivity index (χ0) is 25.4. The second-order valence-electron chi connectivity index (χ2n) is 7.67. The predicted octanol–water partition coefficient (Wildman–Crippen LogP) is 3.21. The maximum absolute atomic E-state index is 11.8. The van der Waals surface area contributed by atoms with Crippen LogP contribution in [-0.4, -0.2) is 42.8 Å². The highest BCUT2D eigenvalue weighted by Gasteiger charge is 2.21. The number of Topliss-reactive ketones (excluding diaryl/α,β-unsaturated/α-hetero) is 1. The van der Waals surface area contributed by atoms with Crippen molar-refractivity contribution in [3.8, 4) is 11.1 Å². The van der Waals surface area contributed by atoms with Crippen molar-refractivity contribution in [1.82, 2.24) is 16.1 Å². The summed E-state index contributed by atoms with van der Waals surface area (Å²) in [6, 6.07) is 10.3. The molecule has 0 radical (unpaired) electrons. The summed E-state index contributed by atoms with van der Waals surface area (Å²) >= 11 is 0. The number of hydrogen-bond acceptors (Lipinski definition) is 8. The van der Waals surface area contributed by atoms with E-state index in [0.717, 1.165) is 22.3 Å². The van der Waals surface area contributed by atoms with Crippen molar-refractivity contribution in [2.75, 3.05) is 19.5 Å². The molecular weight excluding hydrogens is 436 g/mol. The Morgan fingerprint density at radius 2 is 1.65 bits per heavy atom. The molecule has 0 bridgehead atoms. The van der Waals surface area contributed by atoms with Gasteiger partial charge < -0.3 is 21.2 Å². The molecule has 2 rings (SSSR count). The first kappa shape index (κ1) is 26.2. The van der Waals surface area contributed by atoms with Gasteiger partial charge in [0.1, 0.15) is 5.76 Å². The lowest BCUT2D eigenvalue weighted by molar-refractivity contribution is -0.129. The highest BCUT2D eigenvalue weighted by Crippen LogP contribution is 2.30. The van der Waals surface area contributed by atoms with Gasteiger partial charge in [-0.15, -0.1) is 10.2 Å². The Bertz CT molecular complexity index is 1150. The first-order chi connectivity index (χ1) is 16.1. The van der Waals surface area contributed by atoms with Crippen molar-refractivity contribution in [3.63, 3.8) is 0 Å². The summed E-state index contributed by atoms with van der Waals surface area (Å²) in [5, 5.41) is 22.5. The average molecular weight is 467 g/mol. The number of likely N-dealkylation sites (N-methyl/N-ethyl adjacent to an activating group) is 2. The predicted molar refractivity (Wildman–Crippen MR) is 131 cm³/mol. The Morgan fingerprint density at radius 3 is 2.18 bits per heavy atom. The number of rotatable bonds is 9. The molecule has 0 aliphatic carbocycles. The monoisotopic (exact) mass is 466 g/mol. The third-order valence-electron chi connectivity index (χ3n) is 5.05. The number of azo groups is 1. The van der Waals surface area contributed by atoms with Gasteiger partial charge in [-0.2, -0.15) is 0 Å². The molecule has 2 amide bonds. The molecule has 10 nitrogen and oxygen atoms in total. The van der Waals surface area contributed by atoms with Gasteiger partial charge >= 0.3 is 0 Å². The Hall–Kier alpha value is -4.05. The Morgan fingerprint density at radius 1 is 0.941 bits per heavy atom. The highest BCUT2D eigenvalue weighted by molar-refractivity contribution is 6.04. The number of carbonyl (C=O) groups is 3. The number of hydrogen-bond donors (Lipinski definition) is 5. The van der Waals surface area contributed by atoms with Crippen LogP contribution in [0.5, 0.6) is 0 Å². The summed E-state index contributed by atoms with van der Waals surface area (Å²) in [6.07, 6.45) is 0. The number of allylic oxidation sites excluding steroid dienone is 1. The topological polar surface area (TPSA) is 144 Å². The van der Waals surface area contributed by atoms with E-state index in [1.165, 1.54) is 27.9 Å². The number of aliphatic hydroxyl groups is 1. The third-order valence-corrected chi connectivity index (χ3v) is 5.05. The molecule has 0 spiro atoms. The van der Waals surface area contributed by atoms with Crippen molar-refractivity contribution in [3.05, 3.63) is 59.0 Å². The molecule has 180 valence electrons. The van der Waals surface area contributed by atoms with Crippen LogP contribution in [0.1, 0.15) is 25.0 Å². The van der Waals surface area contributed by atoms with E-state index in [1.54, 1.807) is 6.07 Å². The van der Waals surface area contributed by atoms with Crippen molar-refractivity contribution >= 4 is 29.0 Å². The fourth-order valence-electron chi connectivity index (χ4n) is 3.16. The van der Waals surface area contributed by atoms with Crippen LogP contribution in [0.15, 0.2) is 58.1 Å². The van der Waals surface area contributed by atoms with Gasteiger partial charge in [-0.05, 0) is 74.2 Å². The van der Waals surface area contributed by atoms with Gasteiger partial charge in [0.2, 0.25) is 5.91 Å². The lowest BCUT2D eigenvalue weighted by Gasteiger charge is -2.17. The van der Waals surface area contributed by atoms with Crippen LogP contribution >= 0.6 is 0 Å². The van der Waals surface area contributed by atoms with E-state index in [4.69, 9.17) is 0 Å². The summed E-state index contributed by atoms with van der Waals surface area (Å²) in [5.74, 6) is -1.48. The molecule has 0 heterocycles. The molecule has 0 aliphatic heterocycles. The van der Waals surface area contributed by atoms with Gasteiger partial charge in [-0.1, -0.05) is 12.1 Å². The summed E-state index contributed by atoms with van der Waals surface area (Å²) in [5.41, 5.74) is 10.5. The number of benzene rings is 2. The van der Waals surface area contributed by atoms with Crippen molar-refractivity contribution in [1.29, 1.82) is 0 Å². The molecule has 1 atom stereocenters. The fraction of sp³-hybridized carbons (Fsp3) is 0.292. The molecule has 5 N–H and O–H groups in total. The minimum atomic E-state index is -0.997.